The van der Waals surface area contributed by atoms with E-state index in [1.807, 2.05) is 0 Å². The molecule has 0 N–H and O–H groups in total. The van der Waals surface area contributed by atoms with Gasteiger partial charge in [-0.25, -0.2) is 0 Å². The Hall–Kier alpha value is -2.16. The Morgan fingerprint density at radius 2 is 2.00 bits per heavy atom. The van der Waals surface area contributed by atoms with Crippen LogP contribution in [0.25, 0.3) is 0 Å². The van der Waals surface area contributed by atoms with E-state index < -0.39 is 23.2 Å². The van der Waals surface area contributed by atoms with Crippen LogP contribution in [0.15, 0.2) is 18.3 Å². The second kappa shape index (κ2) is 8.06. The maximum Gasteiger partial charge on any atom is 0.433 e. The Kier molecular flexibility index (Phi) is 5.92. The summed E-state index contributed by atoms with van der Waals surface area (Å²) in [6.07, 6.45) is -0.996. The Bertz CT molecular complexity index is 741. The van der Waals surface area contributed by atoms with E-state index in [2.05, 4.69) is 4.98 Å². The van der Waals surface area contributed by atoms with Crippen LogP contribution in [0.2, 0.25) is 0 Å². The molecule has 2 aliphatic rings. The number of halogens is 3. The number of carbonyl (C=O) groups is 2. The second-order valence-electron chi connectivity index (χ2n) is 7.39. The van der Waals surface area contributed by atoms with Crippen molar-refractivity contribution in [2.45, 2.75) is 31.9 Å². The lowest BCUT2D eigenvalue weighted by atomic mass is 9.79. The van der Waals surface area contributed by atoms with Gasteiger partial charge in [0.2, 0.25) is 5.91 Å². The molecule has 9 heteroatoms. The largest absolute Gasteiger partial charge is 0.433 e. The van der Waals surface area contributed by atoms with Crippen molar-refractivity contribution in [2.24, 2.45) is 5.41 Å². The lowest BCUT2D eigenvalue weighted by molar-refractivity contribution is -0.141. The predicted octanol–water partition coefficient (Wildman–Crippen LogP) is 2.59. The average molecular weight is 399 g/mol. The number of amides is 2. The van der Waals surface area contributed by atoms with Crippen molar-refractivity contribution in [3.63, 3.8) is 0 Å². The number of hydrogen-bond acceptors (Lipinski definition) is 4. The molecule has 0 aromatic carbocycles. The van der Waals surface area contributed by atoms with Crippen LogP contribution >= 0.6 is 0 Å². The fourth-order valence-electron chi connectivity index (χ4n) is 4.07. The van der Waals surface area contributed by atoms with E-state index in [0.717, 1.165) is 18.7 Å². The van der Waals surface area contributed by atoms with Gasteiger partial charge in [0.05, 0.1) is 12.0 Å². The van der Waals surface area contributed by atoms with Gasteiger partial charge in [-0.3, -0.25) is 14.6 Å². The molecular formula is C19H24F3N3O3. The van der Waals surface area contributed by atoms with Gasteiger partial charge in [-0.15, -0.1) is 0 Å². The Balaban J connectivity index is 1.69. The first-order valence-electron chi connectivity index (χ1n) is 9.38. The molecule has 3 rings (SSSR count). The average Bonchev–Trinajstić information content (AvgIpc) is 2.84. The van der Waals surface area contributed by atoms with Gasteiger partial charge in [0.1, 0.15) is 5.69 Å². The molecule has 2 amide bonds. The number of methoxy groups -OCH3 is 1. The van der Waals surface area contributed by atoms with E-state index in [0.29, 0.717) is 52.0 Å². The highest BCUT2D eigenvalue weighted by molar-refractivity contribution is 5.94. The minimum absolute atomic E-state index is 0.0299. The zero-order valence-electron chi connectivity index (χ0n) is 15.8. The summed E-state index contributed by atoms with van der Waals surface area (Å²) in [7, 11) is 1.59. The number of pyridine rings is 1. The second-order valence-corrected chi connectivity index (χ2v) is 7.39. The summed E-state index contributed by atoms with van der Waals surface area (Å²) >= 11 is 0. The summed E-state index contributed by atoms with van der Waals surface area (Å²) in [4.78, 5) is 32.3. The fraction of sp³-hybridized carbons (Fsp3) is 0.632. The predicted molar refractivity (Wildman–Crippen MR) is 94.5 cm³/mol. The molecule has 28 heavy (non-hydrogen) atoms. The van der Waals surface area contributed by atoms with Crippen LogP contribution in [0.5, 0.6) is 0 Å². The lowest BCUT2D eigenvalue weighted by Crippen LogP contribution is -2.37. The highest BCUT2D eigenvalue weighted by Crippen LogP contribution is 2.41. The number of rotatable bonds is 4. The molecule has 0 bridgehead atoms. The van der Waals surface area contributed by atoms with E-state index in [-0.39, 0.29) is 11.5 Å². The third-order valence-electron chi connectivity index (χ3n) is 5.69. The molecular weight excluding hydrogens is 375 g/mol. The minimum atomic E-state index is -4.60. The number of nitrogens with zero attached hydrogens (tertiary/aromatic N) is 3. The highest BCUT2D eigenvalue weighted by atomic mass is 19.4. The normalized spacial score (nSPS) is 23.4. The molecule has 2 saturated heterocycles. The molecule has 2 aliphatic heterocycles. The summed E-state index contributed by atoms with van der Waals surface area (Å²) in [5, 5.41) is 0. The van der Waals surface area contributed by atoms with Gasteiger partial charge in [0.15, 0.2) is 0 Å². The maximum absolute atomic E-state index is 12.9. The molecule has 6 nitrogen and oxygen atoms in total. The SMILES string of the molecule is COCCN1CCC2(CCCN(C(=O)c3ccnc(C(F)(F)F)c3)CC2)C1=O. The van der Waals surface area contributed by atoms with Crippen LogP contribution in [0.4, 0.5) is 13.2 Å². The molecule has 1 aromatic heterocycles. The molecule has 1 unspecified atom stereocenters. The van der Waals surface area contributed by atoms with Crippen molar-refractivity contribution in [3.05, 3.63) is 29.6 Å². The number of likely N-dealkylation sites (tertiary alicyclic amines) is 2. The minimum Gasteiger partial charge on any atom is -0.383 e. The topological polar surface area (TPSA) is 62.7 Å². The number of carbonyl (C=O) groups excluding carboxylic acids is 2. The first-order valence-corrected chi connectivity index (χ1v) is 9.38. The van der Waals surface area contributed by atoms with E-state index in [4.69, 9.17) is 4.74 Å². The van der Waals surface area contributed by atoms with Crippen molar-refractivity contribution < 1.29 is 27.5 Å². The molecule has 0 saturated carbocycles. The molecule has 1 spiro atoms. The van der Waals surface area contributed by atoms with Crippen LogP contribution in [0.3, 0.4) is 0 Å². The van der Waals surface area contributed by atoms with Crippen LogP contribution in [-0.4, -0.2) is 66.5 Å². The Morgan fingerprint density at radius 1 is 1.25 bits per heavy atom. The molecule has 0 aliphatic carbocycles. The smallest absolute Gasteiger partial charge is 0.383 e. The molecule has 3 heterocycles. The first kappa shape index (κ1) is 20.6. The van der Waals surface area contributed by atoms with Gasteiger partial charge in [0, 0.05) is 45.0 Å². The van der Waals surface area contributed by atoms with Crippen LogP contribution < -0.4 is 0 Å². The monoisotopic (exact) mass is 399 g/mol. The van der Waals surface area contributed by atoms with Gasteiger partial charge in [-0.05, 0) is 37.8 Å². The summed E-state index contributed by atoms with van der Waals surface area (Å²) in [6.45, 7) is 2.49. The lowest BCUT2D eigenvalue weighted by Gasteiger charge is -2.26. The number of hydrogen-bond donors (Lipinski definition) is 0. The summed E-state index contributed by atoms with van der Waals surface area (Å²) in [5.41, 5.74) is -1.58. The third-order valence-corrected chi connectivity index (χ3v) is 5.69. The van der Waals surface area contributed by atoms with E-state index in [1.165, 1.54) is 6.07 Å². The van der Waals surface area contributed by atoms with Gasteiger partial charge in [-0.1, -0.05) is 0 Å². The number of aromatic nitrogens is 1. The van der Waals surface area contributed by atoms with E-state index >= 15 is 0 Å². The summed E-state index contributed by atoms with van der Waals surface area (Å²) in [5.74, 6) is -0.353. The molecule has 1 aromatic rings. The standard InChI is InChI=1S/C19H24F3N3O3/c1-28-12-11-25-10-6-18(17(25)27)4-2-8-24(9-5-18)16(26)14-3-7-23-15(13-14)19(20,21)22/h3,7,13H,2,4-6,8-12H2,1H3. The summed E-state index contributed by atoms with van der Waals surface area (Å²) < 4.78 is 43.7. The van der Waals surface area contributed by atoms with Crippen molar-refractivity contribution in [1.29, 1.82) is 0 Å². The first-order chi connectivity index (χ1) is 13.3. The highest BCUT2D eigenvalue weighted by Gasteiger charge is 2.47. The molecule has 0 radical (unpaired) electrons. The zero-order valence-corrected chi connectivity index (χ0v) is 15.8. The van der Waals surface area contributed by atoms with Gasteiger partial charge < -0.3 is 14.5 Å². The number of alkyl halides is 3. The van der Waals surface area contributed by atoms with E-state index in [9.17, 15) is 22.8 Å². The van der Waals surface area contributed by atoms with E-state index in [1.54, 1.807) is 16.9 Å². The van der Waals surface area contributed by atoms with Crippen molar-refractivity contribution in [3.8, 4) is 0 Å². The van der Waals surface area contributed by atoms with Crippen LogP contribution in [0, 0.1) is 5.41 Å². The zero-order chi connectivity index (χ0) is 20.4. The molecule has 154 valence electrons. The van der Waals surface area contributed by atoms with Crippen molar-refractivity contribution in [2.75, 3.05) is 39.9 Å². The maximum atomic E-state index is 12.9. The van der Waals surface area contributed by atoms with Crippen LogP contribution in [-0.2, 0) is 15.7 Å². The number of ether oxygens (including phenoxy) is 1. The summed E-state index contributed by atoms with van der Waals surface area (Å²) in [6, 6.07) is 2.08. The van der Waals surface area contributed by atoms with Gasteiger partial charge >= 0.3 is 6.18 Å². The molecule has 1 atom stereocenters. The Morgan fingerprint density at radius 3 is 2.71 bits per heavy atom. The van der Waals surface area contributed by atoms with Crippen LogP contribution in [0.1, 0.15) is 41.7 Å². The van der Waals surface area contributed by atoms with Crippen molar-refractivity contribution >= 4 is 11.8 Å². The van der Waals surface area contributed by atoms with Gasteiger partial charge in [0.25, 0.3) is 5.91 Å². The van der Waals surface area contributed by atoms with Gasteiger partial charge in [-0.2, -0.15) is 13.2 Å². The molecule has 2 fully saturated rings. The quantitative estimate of drug-likeness (QED) is 0.781. The third kappa shape index (κ3) is 4.14. The Labute approximate surface area is 161 Å². The fourth-order valence-corrected chi connectivity index (χ4v) is 4.07. The van der Waals surface area contributed by atoms with Crippen molar-refractivity contribution in [1.82, 2.24) is 14.8 Å².